The molecule has 5 aromatic rings. The van der Waals surface area contributed by atoms with Gasteiger partial charge in [0.15, 0.2) is 0 Å². The largest absolute Gasteiger partial charge is 0.0616 e. The summed E-state index contributed by atoms with van der Waals surface area (Å²) in [4.78, 5) is 0. The molecule has 116 valence electrons. The molecule has 0 heterocycles. The van der Waals surface area contributed by atoms with Crippen molar-refractivity contribution >= 4 is 32.3 Å². The second-order valence-electron chi connectivity index (χ2n) is 7.05. The Morgan fingerprint density at radius 3 is 1.88 bits per heavy atom. The predicted molar refractivity (Wildman–Crippen MR) is 107 cm³/mol. The van der Waals surface area contributed by atoms with E-state index in [1.165, 1.54) is 54.6 Å². The van der Waals surface area contributed by atoms with Crippen LogP contribution in [0.1, 0.15) is 11.1 Å². The summed E-state index contributed by atoms with van der Waals surface area (Å²) < 4.78 is 0. The van der Waals surface area contributed by atoms with Crippen LogP contribution in [0, 0.1) is 0 Å². The third-order valence-electron chi connectivity index (χ3n) is 5.63. The first-order valence-electron chi connectivity index (χ1n) is 8.83. The Bertz CT molecular complexity index is 1310. The zero-order valence-corrected chi connectivity index (χ0v) is 13.8. The molecule has 0 unspecified atom stereocenters. The van der Waals surface area contributed by atoms with Crippen LogP contribution in [-0.2, 0) is 6.42 Å². The summed E-state index contributed by atoms with van der Waals surface area (Å²) in [5.41, 5.74) is 5.75. The lowest BCUT2D eigenvalue weighted by Crippen LogP contribution is -1.85. The van der Waals surface area contributed by atoms with Crippen molar-refractivity contribution in [1.82, 2.24) is 0 Å². The summed E-state index contributed by atoms with van der Waals surface area (Å²) in [6.45, 7) is 0. The maximum absolute atomic E-state index is 2.37. The van der Waals surface area contributed by atoms with Gasteiger partial charge in [-0.3, -0.25) is 0 Å². The second kappa shape index (κ2) is 4.70. The number of fused-ring (bicyclic) bond motifs is 7. The van der Waals surface area contributed by atoms with Crippen molar-refractivity contribution in [2.24, 2.45) is 0 Å². The Labute approximate surface area is 146 Å². The molecule has 0 saturated carbocycles. The average molecular weight is 316 g/mol. The Kier molecular flexibility index (Phi) is 2.48. The van der Waals surface area contributed by atoms with Crippen LogP contribution >= 0.6 is 0 Å². The van der Waals surface area contributed by atoms with Crippen molar-refractivity contribution in [3.63, 3.8) is 0 Å². The van der Waals surface area contributed by atoms with Gasteiger partial charge in [0.2, 0.25) is 0 Å². The van der Waals surface area contributed by atoms with Crippen LogP contribution in [0.25, 0.3) is 43.4 Å². The Morgan fingerprint density at radius 1 is 0.480 bits per heavy atom. The number of rotatable bonds is 0. The molecule has 1 aliphatic rings. The minimum Gasteiger partial charge on any atom is -0.0616 e. The molecular formula is C25H16. The molecule has 0 radical (unpaired) electrons. The monoisotopic (exact) mass is 316 g/mol. The smallest absolute Gasteiger partial charge is 0.000706 e. The third-order valence-corrected chi connectivity index (χ3v) is 5.63. The van der Waals surface area contributed by atoms with Gasteiger partial charge in [0, 0.05) is 0 Å². The van der Waals surface area contributed by atoms with Gasteiger partial charge in [-0.1, -0.05) is 66.7 Å². The molecule has 6 rings (SSSR count). The average Bonchev–Trinajstić information content (AvgIpc) is 3.02. The molecule has 0 N–H and O–H groups in total. The van der Waals surface area contributed by atoms with E-state index in [4.69, 9.17) is 0 Å². The first-order chi connectivity index (χ1) is 12.4. The van der Waals surface area contributed by atoms with Gasteiger partial charge < -0.3 is 0 Å². The fourth-order valence-electron chi connectivity index (χ4n) is 4.39. The molecule has 0 fully saturated rings. The maximum atomic E-state index is 2.37. The van der Waals surface area contributed by atoms with E-state index in [0.29, 0.717) is 0 Å². The van der Waals surface area contributed by atoms with Gasteiger partial charge in [0.05, 0.1) is 0 Å². The molecule has 0 bridgehead atoms. The minimum absolute atomic E-state index is 1.03. The van der Waals surface area contributed by atoms with Gasteiger partial charge in [-0.15, -0.1) is 0 Å². The molecule has 25 heavy (non-hydrogen) atoms. The molecular weight excluding hydrogens is 300 g/mol. The van der Waals surface area contributed by atoms with Crippen LogP contribution in [-0.4, -0.2) is 0 Å². The molecule has 0 heteroatoms. The number of hydrogen-bond donors (Lipinski definition) is 0. The highest BCUT2D eigenvalue weighted by atomic mass is 14.2. The van der Waals surface area contributed by atoms with E-state index in [1.807, 2.05) is 0 Å². The van der Waals surface area contributed by atoms with Crippen molar-refractivity contribution in [3.05, 3.63) is 96.1 Å². The molecule has 0 atom stereocenters. The highest BCUT2D eigenvalue weighted by molar-refractivity contribution is 6.04. The zero-order chi connectivity index (χ0) is 16.4. The van der Waals surface area contributed by atoms with Crippen LogP contribution in [0.4, 0.5) is 0 Å². The van der Waals surface area contributed by atoms with Gasteiger partial charge in [0.1, 0.15) is 0 Å². The summed E-state index contributed by atoms with van der Waals surface area (Å²) in [5.74, 6) is 0. The van der Waals surface area contributed by atoms with Crippen LogP contribution < -0.4 is 0 Å². The summed E-state index contributed by atoms with van der Waals surface area (Å²) in [6, 6.07) is 31.3. The highest BCUT2D eigenvalue weighted by Crippen LogP contribution is 2.42. The van der Waals surface area contributed by atoms with Gasteiger partial charge in [-0.2, -0.15) is 0 Å². The number of hydrogen-bond acceptors (Lipinski definition) is 0. The summed E-state index contributed by atoms with van der Waals surface area (Å²) in [5, 5.41) is 8.04. The van der Waals surface area contributed by atoms with Gasteiger partial charge in [-0.05, 0) is 79.2 Å². The van der Waals surface area contributed by atoms with Crippen LogP contribution in [0.15, 0.2) is 84.9 Å². The highest BCUT2D eigenvalue weighted by Gasteiger charge is 2.21. The van der Waals surface area contributed by atoms with Crippen molar-refractivity contribution < 1.29 is 0 Å². The van der Waals surface area contributed by atoms with Gasteiger partial charge in [0.25, 0.3) is 0 Å². The van der Waals surface area contributed by atoms with Gasteiger partial charge in [-0.25, -0.2) is 0 Å². The predicted octanol–water partition coefficient (Wildman–Crippen LogP) is 6.72. The van der Waals surface area contributed by atoms with E-state index in [-0.39, 0.29) is 0 Å². The van der Waals surface area contributed by atoms with Crippen molar-refractivity contribution in [2.45, 2.75) is 6.42 Å². The van der Waals surface area contributed by atoms with Crippen LogP contribution in [0.3, 0.4) is 0 Å². The van der Waals surface area contributed by atoms with Crippen LogP contribution in [0.5, 0.6) is 0 Å². The summed E-state index contributed by atoms with van der Waals surface area (Å²) in [7, 11) is 0. The number of benzene rings is 5. The molecule has 0 saturated heterocycles. The SMILES string of the molecule is c1ccc2cc3c(cc2c1)Cc1c-3ccc2cc3ccccc3cc12. The summed E-state index contributed by atoms with van der Waals surface area (Å²) in [6.07, 6.45) is 1.03. The third kappa shape index (κ3) is 1.82. The van der Waals surface area contributed by atoms with Crippen molar-refractivity contribution in [3.8, 4) is 11.1 Å². The standard InChI is InChI=1S/C25H16/c1-3-7-18-13-23-20(11-16(18)5-1)9-10-22-24-14-19-8-4-2-6-17(19)12-21(24)15-25(22)23/h1-14H,15H2. The van der Waals surface area contributed by atoms with E-state index in [1.54, 1.807) is 0 Å². The molecule has 0 nitrogen and oxygen atoms in total. The molecule has 0 aromatic heterocycles. The topological polar surface area (TPSA) is 0 Å². The summed E-state index contributed by atoms with van der Waals surface area (Å²) >= 11 is 0. The maximum Gasteiger partial charge on any atom is -0.000706 e. The first kappa shape index (κ1) is 13.2. The van der Waals surface area contributed by atoms with Gasteiger partial charge >= 0.3 is 0 Å². The van der Waals surface area contributed by atoms with E-state index in [0.717, 1.165) is 6.42 Å². The van der Waals surface area contributed by atoms with Crippen LogP contribution in [0.2, 0.25) is 0 Å². The molecule has 0 amide bonds. The van der Waals surface area contributed by atoms with Crippen molar-refractivity contribution in [1.29, 1.82) is 0 Å². The van der Waals surface area contributed by atoms with E-state index in [9.17, 15) is 0 Å². The molecule has 0 spiro atoms. The van der Waals surface area contributed by atoms with E-state index >= 15 is 0 Å². The first-order valence-corrected chi connectivity index (χ1v) is 8.83. The quantitative estimate of drug-likeness (QED) is 0.273. The second-order valence-corrected chi connectivity index (χ2v) is 7.05. The Hall–Kier alpha value is -3.12. The fourth-order valence-corrected chi connectivity index (χ4v) is 4.39. The molecule has 5 aromatic carbocycles. The van der Waals surface area contributed by atoms with Crippen molar-refractivity contribution in [2.75, 3.05) is 0 Å². The van der Waals surface area contributed by atoms with E-state index in [2.05, 4.69) is 84.9 Å². The molecule has 0 aliphatic heterocycles. The fraction of sp³-hybridized carbons (Fsp3) is 0.0400. The lowest BCUT2D eigenvalue weighted by atomic mass is 9.96. The normalized spacial score (nSPS) is 12.6. The lowest BCUT2D eigenvalue weighted by Gasteiger charge is -2.08. The lowest BCUT2D eigenvalue weighted by molar-refractivity contribution is 1.29. The minimum atomic E-state index is 1.03. The van der Waals surface area contributed by atoms with E-state index < -0.39 is 0 Å². The Balaban J connectivity index is 1.68. The Morgan fingerprint density at radius 2 is 1.12 bits per heavy atom. The zero-order valence-electron chi connectivity index (χ0n) is 13.8. The molecule has 1 aliphatic carbocycles.